The molecule has 7 nitrogen and oxygen atoms in total. The summed E-state index contributed by atoms with van der Waals surface area (Å²) in [7, 11) is 1.21. The highest BCUT2D eigenvalue weighted by Gasteiger charge is 2.49. The molecule has 0 saturated heterocycles. The first-order valence-electron chi connectivity index (χ1n) is 3.61. The third kappa shape index (κ3) is 2.55. The topological polar surface area (TPSA) is 98.7 Å². The van der Waals surface area contributed by atoms with Crippen LogP contribution in [0.15, 0.2) is 0 Å². The molecule has 0 radical (unpaired) electrons. The molecule has 0 bridgehead atoms. The summed E-state index contributed by atoms with van der Waals surface area (Å²) in [6.07, 6.45) is -1.15. The second kappa shape index (κ2) is 4.56. The molecule has 0 rings (SSSR count). The molecule has 0 aliphatic carbocycles. The lowest BCUT2D eigenvalue weighted by Crippen LogP contribution is -2.48. The number of rotatable bonds is 4. The van der Waals surface area contributed by atoms with Gasteiger partial charge in [-0.3, -0.25) is 15.3 Å². The molecule has 0 aromatic carbocycles. The number of ether oxygens (including phenoxy) is 1. The first kappa shape index (κ1) is 13.1. The van der Waals surface area contributed by atoms with Gasteiger partial charge in [-0.25, -0.2) is 0 Å². The second-order valence-electron chi connectivity index (χ2n) is 2.81. The maximum Gasteiger partial charge on any atom is 0.307 e. The van der Waals surface area contributed by atoms with Crippen molar-refractivity contribution in [2.45, 2.75) is 24.4 Å². The molecule has 2 atom stereocenters. The molecule has 0 amide bonds. The Hall–Kier alpha value is -0.890. The van der Waals surface area contributed by atoms with Gasteiger partial charge in [-0.2, -0.15) is 0 Å². The van der Waals surface area contributed by atoms with E-state index in [1.165, 1.54) is 21.0 Å². The highest BCUT2D eigenvalue weighted by Crippen LogP contribution is 2.25. The lowest BCUT2D eigenvalue weighted by Gasteiger charge is -2.20. The fourth-order valence-electron chi connectivity index (χ4n) is 0.963. The van der Waals surface area contributed by atoms with E-state index in [1.807, 2.05) is 0 Å². The van der Waals surface area contributed by atoms with Gasteiger partial charge in [-0.05, 0) is 0 Å². The summed E-state index contributed by atoms with van der Waals surface area (Å²) in [4.78, 5) is 9.52. The molecule has 0 spiro atoms. The van der Waals surface area contributed by atoms with Crippen molar-refractivity contribution in [3.63, 3.8) is 0 Å². The maximum absolute atomic E-state index is 10.6. The van der Waals surface area contributed by atoms with Crippen LogP contribution < -0.4 is 0 Å². The van der Waals surface area contributed by atoms with E-state index in [4.69, 9.17) is 9.94 Å². The summed E-state index contributed by atoms with van der Waals surface area (Å²) < 4.78 is 3.12. The first-order chi connectivity index (χ1) is 6.25. The number of alkyl halides is 1. The Bertz CT molecular complexity index is 261. The van der Waals surface area contributed by atoms with Crippen LogP contribution in [-0.2, 0) is 4.74 Å². The van der Waals surface area contributed by atoms with E-state index in [1.54, 1.807) is 0 Å². The molecule has 1 N–H and O–H groups in total. The van der Waals surface area contributed by atoms with Crippen LogP contribution in [0.5, 0.6) is 0 Å². The summed E-state index contributed by atoms with van der Waals surface area (Å²) in [6, 6.07) is 0. The molecule has 0 fully saturated rings. The van der Waals surface area contributed by atoms with Gasteiger partial charge < -0.3 is 9.94 Å². The van der Waals surface area contributed by atoms with Gasteiger partial charge in [0.1, 0.15) is 0 Å². The average Bonchev–Trinajstić information content (AvgIpc) is 2.04. The quantitative estimate of drug-likeness (QED) is 0.155. The zero-order valence-corrected chi connectivity index (χ0v) is 9.52. The molecular formula is C6H11BrN2O5. The van der Waals surface area contributed by atoms with E-state index >= 15 is 0 Å². The molecule has 0 aromatic rings. The highest BCUT2D eigenvalue weighted by molar-refractivity contribution is 9.10. The van der Waals surface area contributed by atoms with Crippen LogP contribution in [-0.4, -0.2) is 38.4 Å². The Morgan fingerprint density at radius 3 is 2.29 bits per heavy atom. The van der Waals surface area contributed by atoms with Crippen molar-refractivity contribution in [2.24, 2.45) is 0 Å². The van der Waals surface area contributed by atoms with Gasteiger partial charge in [0, 0.05) is 46.7 Å². The van der Waals surface area contributed by atoms with Crippen molar-refractivity contribution in [1.29, 1.82) is 0 Å². The van der Waals surface area contributed by atoms with Crippen LogP contribution in [0.2, 0.25) is 0 Å². The smallest absolute Gasteiger partial charge is 0.307 e. The van der Waals surface area contributed by atoms with Gasteiger partial charge in [0.25, 0.3) is 5.71 Å². The molecule has 0 heterocycles. The fraction of sp³-hybridized carbons (Fsp3) is 0.833. The predicted molar refractivity (Wildman–Crippen MR) is 51.2 cm³/mol. The SMILES string of the molecule is COC(/C(C)=[N+](\[O-])O)[C@](C)(Br)[N+](=O)[O-]. The van der Waals surface area contributed by atoms with E-state index < -0.39 is 20.4 Å². The van der Waals surface area contributed by atoms with Gasteiger partial charge in [-0.1, -0.05) is 0 Å². The first-order valence-corrected chi connectivity index (χ1v) is 4.40. The summed E-state index contributed by atoms with van der Waals surface area (Å²) in [5.74, 6) is 0. The van der Waals surface area contributed by atoms with E-state index in [0.717, 1.165) is 0 Å². The Labute approximate surface area is 88.8 Å². The third-order valence-corrected chi connectivity index (χ3v) is 2.46. The Morgan fingerprint density at radius 2 is 2.07 bits per heavy atom. The largest absolute Gasteiger partial charge is 0.418 e. The van der Waals surface area contributed by atoms with E-state index in [2.05, 4.69) is 15.9 Å². The highest BCUT2D eigenvalue weighted by atomic mass is 79.9. The lowest BCUT2D eigenvalue weighted by atomic mass is 10.1. The van der Waals surface area contributed by atoms with Crippen LogP contribution in [0.1, 0.15) is 13.8 Å². The summed E-state index contributed by atoms with van der Waals surface area (Å²) in [5, 5.41) is 29.7. The van der Waals surface area contributed by atoms with Gasteiger partial charge in [0.2, 0.25) is 6.10 Å². The third-order valence-electron chi connectivity index (χ3n) is 1.75. The maximum atomic E-state index is 10.6. The molecule has 8 heteroatoms. The standard InChI is InChI=1S/C6H11BrN2O5/c1-4(8(10)11)5(14-3)6(2,7)9(12)13/h5H,1-3H3,(H,10,11)/t5?,6-/m1/s1. The van der Waals surface area contributed by atoms with Crippen molar-refractivity contribution in [3.05, 3.63) is 15.3 Å². The van der Waals surface area contributed by atoms with Crippen molar-refractivity contribution in [3.8, 4) is 0 Å². The molecular weight excluding hydrogens is 260 g/mol. The molecule has 0 aliphatic heterocycles. The van der Waals surface area contributed by atoms with Crippen molar-refractivity contribution in [1.82, 2.24) is 0 Å². The monoisotopic (exact) mass is 270 g/mol. The van der Waals surface area contributed by atoms with Crippen molar-refractivity contribution in [2.75, 3.05) is 7.11 Å². The molecule has 14 heavy (non-hydrogen) atoms. The normalized spacial score (nSPS) is 19.4. The minimum absolute atomic E-state index is 0.205. The van der Waals surface area contributed by atoms with Crippen LogP contribution in [0.3, 0.4) is 0 Å². The van der Waals surface area contributed by atoms with E-state index in [9.17, 15) is 15.3 Å². The number of methoxy groups -OCH3 is 1. The van der Waals surface area contributed by atoms with Crippen LogP contribution in [0.4, 0.5) is 0 Å². The zero-order valence-electron chi connectivity index (χ0n) is 7.93. The van der Waals surface area contributed by atoms with Gasteiger partial charge in [0.05, 0.1) is 0 Å². The van der Waals surface area contributed by atoms with Gasteiger partial charge in [-0.15, -0.1) is 0 Å². The molecule has 0 aliphatic rings. The van der Waals surface area contributed by atoms with Crippen LogP contribution >= 0.6 is 15.9 Å². The Kier molecular flexibility index (Phi) is 4.27. The number of hydrogen-bond acceptors (Lipinski definition) is 5. The predicted octanol–water partition coefficient (Wildman–Crippen LogP) is 0.750. The minimum Gasteiger partial charge on any atom is -0.418 e. The number of nitrogens with zero attached hydrogens (tertiary/aromatic N) is 2. The second-order valence-corrected chi connectivity index (χ2v) is 4.42. The Balaban J connectivity index is 5.10. The molecule has 82 valence electrons. The number of halogens is 1. The number of nitro groups is 1. The summed E-state index contributed by atoms with van der Waals surface area (Å²) in [5.41, 5.74) is -0.205. The van der Waals surface area contributed by atoms with Gasteiger partial charge >= 0.3 is 4.45 Å². The number of hydrogen-bond donors (Lipinski definition) is 1. The van der Waals surface area contributed by atoms with E-state index in [-0.39, 0.29) is 5.71 Å². The van der Waals surface area contributed by atoms with Crippen molar-refractivity contribution >= 4 is 21.6 Å². The summed E-state index contributed by atoms with van der Waals surface area (Å²) >= 11 is 2.82. The fourth-order valence-corrected chi connectivity index (χ4v) is 1.48. The Morgan fingerprint density at radius 1 is 1.64 bits per heavy atom. The summed E-state index contributed by atoms with van der Waals surface area (Å²) in [6.45, 7) is 2.47. The molecule has 0 aromatic heterocycles. The van der Waals surface area contributed by atoms with Crippen LogP contribution in [0.25, 0.3) is 0 Å². The molecule has 1 unspecified atom stereocenters. The minimum atomic E-state index is -1.66. The van der Waals surface area contributed by atoms with Gasteiger partial charge in [0.15, 0.2) is 0 Å². The van der Waals surface area contributed by atoms with Crippen LogP contribution in [0, 0.1) is 15.3 Å². The zero-order chi connectivity index (χ0) is 11.5. The lowest BCUT2D eigenvalue weighted by molar-refractivity contribution is -0.728. The van der Waals surface area contributed by atoms with Crippen molar-refractivity contribution < 1.29 is 19.8 Å². The molecule has 0 saturated carbocycles. The van der Waals surface area contributed by atoms with E-state index in [0.29, 0.717) is 0 Å². The average molecular weight is 271 g/mol.